The molecule has 2 aliphatic heterocycles. The van der Waals surface area contributed by atoms with Crippen LogP contribution in [0.25, 0.3) is 10.9 Å². The highest BCUT2D eigenvalue weighted by Gasteiger charge is 2.28. The minimum absolute atomic E-state index is 0.0964. The molecule has 0 N–H and O–H groups in total. The molecule has 0 amide bonds. The number of ether oxygens (including phenoxy) is 1. The van der Waals surface area contributed by atoms with Gasteiger partial charge in [-0.25, -0.2) is 18.5 Å². The van der Waals surface area contributed by atoms with Crippen molar-refractivity contribution in [3.63, 3.8) is 0 Å². The van der Waals surface area contributed by atoms with Crippen molar-refractivity contribution in [3.05, 3.63) is 54.4 Å². The fourth-order valence-corrected chi connectivity index (χ4v) is 6.61. The van der Waals surface area contributed by atoms with E-state index in [-0.39, 0.29) is 6.04 Å². The third-order valence-electron chi connectivity index (χ3n) is 6.60. The Balaban J connectivity index is 1.31. The van der Waals surface area contributed by atoms with Gasteiger partial charge >= 0.3 is 0 Å². The van der Waals surface area contributed by atoms with Crippen LogP contribution in [0.5, 0.6) is 5.75 Å². The van der Waals surface area contributed by atoms with Gasteiger partial charge in [0.15, 0.2) is 0 Å². The van der Waals surface area contributed by atoms with Gasteiger partial charge in [-0.3, -0.25) is 4.90 Å². The summed E-state index contributed by atoms with van der Waals surface area (Å²) in [6.45, 7) is 7.38. The highest BCUT2D eigenvalue weighted by atomic mass is 32.2. The monoisotopic (exact) mass is 497 g/mol. The Labute approximate surface area is 208 Å². The lowest BCUT2D eigenvalue weighted by atomic mass is 10.2. The second kappa shape index (κ2) is 10.6. The van der Waals surface area contributed by atoms with E-state index in [1.807, 2.05) is 46.4 Å². The standard InChI is InChI=1S/C25H31N5O2S2/c1-19(28-11-13-30(14-12-28)34(31)21-9-7-20(32-2)8-10-21)24-26-23-6-4-3-5-22(23)25(27-24)29-15-17-33-18-16-29/h3-10,19H,11-18H2,1-2H3. The summed E-state index contributed by atoms with van der Waals surface area (Å²) in [6, 6.07) is 15.9. The fraction of sp³-hybridized carbons (Fsp3) is 0.440. The quantitative estimate of drug-likeness (QED) is 0.516. The predicted molar refractivity (Wildman–Crippen MR) is 140 cm³/mol. The number of hydrogen-bond acceptors (Lipinski definition) is 7. The molecule has 3 heterocycles. The zero-order valence-corrected chi connectivity index (χ0v) is 21.4. The molecule has 7 nitrogen and oxygen atoms in total. The molecule has 0 aliphatic carbocycles. The summed E-state index contributed by atoms with van der Waals surface area (Å²) in [6.07, 6.45) is 0. The molecule has 0 saturated carbocycles. The van der Waals surface area contributed by atoms with E-state index in [9.17, 15) is 4.21 Å². The highest BCUT2D eigenvalue weighted by molar-refractivity contribution is 7.99. The summed E-state index contributed by atoms with van der Waals surface area (Å²) < 4.78 is 20.3. The number of methoxy groups -OCH3 is 1. The second-order valence-corrected chi connectivity index (χ2v) is 11.3. The van der Waals surface area contributed by atoms with Gasteiger partial charge in [-0.05, 0) is 43.3 Å². The van der Waals surface area contributed by atoms with E-state index in [1.165, 1.54) is 0 Å². The average molecular weight is 498 g/mol. The number of aromatic nitrogens is 2. The van der Waals surface area contributed by atoms with Gasteiger partial charge in [-0.1, -0.05) is 12.1 Å². The third kappa shape index (κ3) is 4.93. The molecule has 0 bridgehead atoms. The lowest BCUT2D eigenvalue weighted by Crippen LogP contribution is -2.47. The largest absolute Gasteiger partial charge is 0.497 e. The van der Waals surface area contributed by atoms with Crippen LogP contribution in [0.4, 0.5) is 5.82 Å². The van der Waals surface area contributed by atoms with Crippen LogP contribution in [-0.4, -0.2) is 81.3 Å². The van der Waals surface area contributed by atoms with E-state index in [4.69, 9.17) is 14.7 Å². The molecule has 2 fully saturated rings. The van der Waals surface area contributed by atoms with E-state index in [0.29, 0.717) is 0 Å². The van der Waals surface area contributed by atoms with Crippen molar-refractivity contribution >= 4 is 39.5 Å². The van der Waals surface area contributed by atoms with Gasteiger partial charge in [-0.15, -0.1) is 0 Å². The molecule has 2 atom stereocenters. The Morgan fingerprint density at radius 1 is 0.941 bits per heavy atom. The van der Waals surface area contributed by atoms with Crippen LogP contribution in [0.1, 0.15) is 18.8 Å². The maximum atomic E-state index is 13.1. The van der Waals surface area contributed by atoms with Crippen molar-refractivity contribution in [3.8, 4) is 5.75 Å². The van der Waals surface area contributed by atoms with E-state index >= 15 is 0 Å². The molecule has 2 unspecified atom stereocenters. The first-order valence-corrected chi connectivity index (χ1v) is 14.0. The molecule has 3 aromatic rings. The summed E-state index contributed by atoms with van der Waals surface area (Å²) >= 11 is 2.01. The summed E-state index contributed by atoms with van der Waals surface area (Å²) in [5.74, 6) is 4.98. The molecule has 1 aromatic heterocycles. The van der Waals surface area contributed by atoms with Gasteiger partial charge < -0.3 is 9.64 Å². The van der Waals surface area contributed by atoms with Gasteiger partial charge in [0, 0.05) is 56.2 Å². The first-order valence-electron chi connectivity index (χ1n) is 11.8. The molecule has 0 spiro atoms. The first-order chi connectivity index (χ1) is 16.6. The maximum absolute atomic E-state index is 13.1. The number of para-hydroxylation sites is 1. The average Bonchev–Trinajstić information content (AvgIpc) is 2.92. The lowest BCUT2D eigenvalue weighted by Gasteiger charge is -2.37. The SMILES string of the molecule is COc1ccc(S(=O)N2CCN(C(C)c3nc(N4CCSCC4)c4ccccc4n3)CC2)cc1. The van der Waals surface area contributed by atoms with E-state index in [1.54, 1.807) is 7.11 Å². The zero-order valence-electron chi connectivity index (χ0n) is 19.7. The topological polar surface area (TPSA) is 61.8 Å². The van der Waals surface area contributed by atoms with Crippen molar-refractivity contribution in [1.82, 2.24) is 19.2 Å². The summed E-state index contributed by atoms with van der Waals surface area (Å²) in [7, 11) is 0.472. The number of nitrogens with zero attached hydrogens (tertiary/aromatic N) is 5. The number of piperazine rings is 1. The van der Waals surface area contributed by atoms with Crippen LogP contribution in [0, 0.1) is 0 Å². The van der Waals surface area contributed by atoms with Crippen molar-refractivity contribution in [1.29, 1.82) is 0 Å². The lowest BCUT2D eigenvalue weighted by molar-refractivity contribution is 0.144. The summed E-state index contributed by atoms with van der Waals surface area (Å²) in [4.78, 5) is 15.7. The summed E-state index contributed by atoms with van der Waals surface area (Å²) in [5.41, 5.74) is 1.01. The van der Waals surface area contributed by atoms with E-state index < -0.39 is 11.0 Å². The molecule has 34 heavy (non-hydrogen) atoms. The molecule has 0 radical (unpaired) electrons. The van der Waals surface area contributed by atoms with Crippen molar-refractivity contribution in [2.45, 2.75) is 17.9 Å². The second-order valence-electron chi connectivity index (χ2n) is 8.59. The van der Waals surface area contributed by atoms with Crippen molar-refractivity contribution in [2.75, 3.05) is 62.8 Å². The van der Waals surface area contributed by atoms with Crippen molar-refractivity contribution in [2.24, 2.45) is 0 Å². The Kier molecular flexibility index (Phi) is 7.34. The van der Waals surface area contributed by atoms with Crippen LogP contribution in [-0.2, 0) is 11.0 Å². The normalized spacial score (nSPS) is 19.8. The molecule has 180 valence electrons. The smallest absolute Gasteiger partial charge is 0.148 e. The minimum Gasteiger partial charge on any atom is -0.497 e. The van der Waals surface area contributed by atoms with Crippen LogP contribution < -0.4 is 9.64 Å². The predicted octanol–water partition coefficient (Wildman–Crippen LogP) is 3.59. The Bertz CT molecular complexity index is 1150. The zero-order chi connectivity index (χ0) is 23.5. The minimum atomic E-state index is -1.17. The van der Waals surface area contributed by atoms with Crippen LogP contribution in [0.3, 0.4) is 0 Å². The van der Waals surface area contributed by atoms with Gasteiger partial charge in [0.05, 0.1) is 23.6 Å². The fourth-order valence-electron chi connectivity index (χ4n) is 4.54. The van der Waals surface area contributed by atoms with E-state index in [0.717, 1.165) is 84.0 Å². The van der Waals surface area contributed by atoms with E-state index in [2.05, 4.69) is 34.9 Å². The van der Waals surface area contributed by atoms with Gasteiger partial charge in [-0.2, -0.15) is 11.8 Å². The number of rotatable bonds is 6. The number of thioether (sulfide) groups is 1. The number of hydrogen-bond donors (Lipinski definition) is 0. The number of fused-ring (bicyclic) bond motifs is 1. The van der Waals surface area contributed by atoms with Gasteiger partial charge in [0.25, 0.3) is 0 Å². The van der Waals surface area contributed by atoms with Crippen LogP contribution in [0.2, 0.25) is 0 Å². The molecule has 5 rings (SSSR count). The first kappa shape index (κ1) is 23.5. The molecular formula is C25H31N5O2S2. The van der Waals surface area contributed by atoms with Crippen molar-refractivity contribution < 1.29 is 8.95 Å². The Morgan fingerprint density at radius 3 is 2.35 bits per heavy atom. The highest BCUT2D eigenvalue weighted by Crippen LogP contribution is 2.29. The molecule has 2 aliphatic rings. The Morgan fingerprint density at radius 2 is 1.65 bits per heavy atom. The molecule has 2 saturated heterocycles. The molecule has 2 aromatic carbocycles. The summed E-state index contributed by atoms with van der Waals surface area (Å²) in [5, 5.41) is 1.13. The van der Waals surface area contributed by atoms with Crippen LogP contribution in [0.15, 0.2) is 53.4 Å². The third-order valence-corrected chi connectivity index (χ3v) is 9.05. The van der Waals surface area contributed by atoms with Gasteiger partial charge in [0.1, 0.15) is 28.4 Å². The molecular weight excluding hydrogens is 466 g/mol. The van der Waals surface area contributed by atoms with Gasteiger partial charge in [0.2, 0.25) is 0 Å². The number of benzene rings is 2. The number of anilines is 1. The van der Waals surface area contributed by atoms with Crippen LogP contribution >= 0.6 is 11.8 Å². The Hall–Kier alpha value is -2.20. The maximum Gasteiger partial charge on any atom is 0.148 e. The molecule has 9 heteroatoms.